The molecule has 2 aliphatic heterocycles. The molecule has 1 unspecified atom stereocenters. The van der Waals surface area contributed by atoms with Crippen LogP contribution < -0.4 is 5.32 Å². The molecule has 0 bridgehead atoms. The number of amides is 1. The van der Waals surface area contributed by atoms with Crippen LogP contribution >= 0.6 is 11.3 Å². The van der Waals surface area contributed by atoms with Gasteiger partial charge in [-0.25, -0.2) is 0 Å². The van der Waals surface area contributed by atoms with Gasteiger partial charge in [0.15, 0.2) is 0 Å². The second-order valence-corrected chi connectivity index (χ2v) is 7.28. The second-order valence-electron chi connectivity index (χ2n) is 6.44. The minimum absolute atomic E-state index is 0.0127. The molecule has 1 atom stereocenters. The number of hydrogen-bond acceptors (Lipinski definition) is 7. The summed E-state index contributed by atoms with van der Waals surface area (Å²) < 4.78 is 0. The molecule has 7 nitrogen and oxygen atoms in total. The van der Waals surface area contributed by atoms with Crippen molar-refractivity contribution in [3.63, 3.8) is 0 Å². The molecule has 0 aromatic carbocycles. The lowest BCUT2D eigenvalue weighted by Crippen LogP contribution is -2.52. The first kappa shape index (κ1) is 16.8. The minimum atomic E-state index is -0.150. The zero-order chi connectivity index (χ0) is 16.2. The number of nitrogens with one attached hydrogen (secondary N) is 1. The average molecular weight is 339 g/mol. The summed E-state index contributed by atoms with van der Waals surface area (Å²) in [5, 5.41) is 20.6. The molecule has 2 saturated heterocycles. The molecule has 2 aliphatic rings. The Hall–Kier alpha value is -1.09. The lowest BCUT2D eigenvalue weighted by molar-refractivity contribution is -0.121. The van der Waals surface area contributed by atoms with Crippen LogP contribution in [0, 0.1) is 0 Å². The summed E-state index contributed by atoms with van der Waals surface area (Å²) in [4.78, 5) is 17.0. The molecule has 1 aromatic heterocycles. The van der Waals surface area contributed by atoms with Gasteiger partial charge in [0.1, 0.15) is 5.51 Å². The van der Waals surface area contributed by atoms with Crippen LogP contribution in [-0.4, -0.2) is 75.4 Å². The van der Waals surface area contributed by atoms with Crippen molar-refractivity contribution in [2.45, 2.75) is 50.8 Å². The molecule has 23 heavy (non-hydrogen) atoms. The van der Waals surface area contributed by atoms with Crippen molar-refractivity contribution in [2.75, 3.05) is 31.5 Å². The molecule has 3 rings (SSSR count). The normalized spacial score (nSPS) is 23.7. The van der Waals surface area contributed by atoms with Crippen molar-refractivity contribution < 1.29 is 9.90 Å². The molecule has 2 fully saturated rings. The van der Waals surface area contributed by atoms with Gasteiger partial charge in [-0.3, -0.25) is 15.0 Å². The van der Waals surface area contributed by atoms with Crippen molar-refractivity contribution in [2.24, 2.45) is 0 Å². The van der Waals surface area contributed by atoms with E-state index in [1.165, 1.54) is 11.3 Å². The Balaban J connectivity index is 1.45. The predicted molar refractivity (Wildman–Crippen MR) is 89.4 cm³/mol. The van der Waals surface area contributed by atoms with E-state index in [2.05, 4.69) is 25.3 Å². The SMILES string of the molecule is CC(C(=O)Nc1nncs1)N1CCC(N2CCC(O)CC2)CC1. The quantitative estimate of drug-likeness (QED) is 0.844. The van der Waals surface area contributed by atoms with Gasteiger partial charge < -0.3 is 10.0 Å². The van der Waals surface area contributed by atoms with E-state index in [1.54, 1.807) is 5.51 Å². The number of hydrogen-bond donors (Lipinski definition) is 2. The highest BCUT2D eigenvalue weighted by molar-refractivity contribution is 7.13. The summed E-state index contributed by atoms with van der Waals surface area (Å²) in [5.41, 5.74) is 1.61. The van der Waals surface area contributed by atoms with Gasteiger partial charge in [-0.1, -0.05) is 11.3 Å². The molecule has 1 aromatic rings. The number of aliphatic hydroxyl groups excluding tert-OH is 1. The second kappa shape index (κ2) is 7.65. The number of aliphatic hydroxyl groups is 1. The molecular formula is C15H25N5O2S. The van der Waals surface area contributed by atoms with Gasteiger partial charge >= 0.3 is 0 Å². The van der Waals surface area contributed by atoms with Crippen LogP contribution in [0.1, 0.15) is 32.6 Å². The maximum absolute atomic E-state index is 12.3. The molecule has 0 spiro atoms. The third-order valence-electron chi connectivity index (χ3n) is 5.03. The van der Waals surface area contributed by atoms with Gasteiger partial charge in [-0.05, 0) is 32.6 Å². The van der Waals surface area contributed by atoms with Crippen LogP contribution in [-0.2, 0) is 4.79 Å². The Kier molecular flexibility index (Phi) is 5.58. The lowest BCUT2D eigenvalue weighted by Gasteiger charge is -2.42. The van der Waals surface area contributed by atoms with Gasteiger partial charge in [0.25, 0.3) is 0 Å². The van der Waals surface area contributed by atoms with E-state index < -0.39 is 0 Å². The number of nitrogens with zero attached hydrogens (tertiary/aromatic N) is 4. The fourth-order valence-corrected chi connectivity index (χ4v) is 3.94. The molecule has 2 N–H and O–H groups in total. The summed E-state index contributed by atoms with van der Waals surface area (Å²) >= 11 is 1.33. The minimum Gasteiger partial charge on any atom is -0.393 e. The van der Waals surface area contributed by atoms with E-state index in [0.29, 0.717) is 11.2 Å². The number of piperidine rings is 2. The summed E-state index contributed by atoms with van der Waals surface area (Å²) in [6.07, 6.45) is 3.84. The van der Waals surface area contributed by atoms with Crippen LogP contribution in [0.25, 0.3) is 0 Å². The van der Waals surface area contributed by atoms with Crippen LogP contribution in [0.3, 0.4) is 0 Å². The topological polar surface area (TPSA) is 81.6 Å². The van der Waals surface area contributed by atoms with Gasteiger partial charge in [0.2, 0.25) is 11.0 Å². The summed E-state index contributed by atoms with van der Waals surface area (Å²) in [6, 6.07) is 0.445. The Morgan fingerprint density at radius 3 is 2.61 bits per heavy atom. The van der Waals surface area contributed by atoms with Gasteiger partial charge in [0.05, 0.1) is 12.1 Å². The van der Waals surface area contributed by atoms with Crippen LogP contribution in [0.15, 0.2) is 5.51 Å². The Bertz CT molecular complexity index is 496. The van der Waals surface area contributed by atoms with Crippen molar-refractivity contribution in [1.82, 2.24) is 20.0 Å². The molecular weight excluding hydrogens is 314 g/mol. The molecule has 0 aliphatic carbocycles. The zero-order valence-electron chi connectivity index (χ0n) is 13.5. The van der Waals surface area contributed by atoms with E-state index in [1.807, 2.05) is 6.92 Å². The first-order valence-corrected chi connectivity index (χ1v) is 9.24. The van der Waals surface area contributed by atoms with Crippen LogP contribution in [0.2, 0.25) is 0 Å². The average Bonchev–Trinajstić information content (AvgIpc) is 3.08. The van der Waals surface area contributed by atoms with Crippen LogP contribution in [0.5, 0.6) is 0 Å². The van der Waals surface area contributed by atoms with Crippen molar-refractivity contribution in [3.05, 3.63) is 5.51 Å². The lowest BCUT2D eigenvalue weighted by atomic mass is 9.98. The first-order valence-electron chi connectivity index (χ1n) is 8.36. The molecule has 0 saturated carbocycles. The fraction of sp³-hybridized carbons (Fsp3) is 0.800. The largest absolute Gasteiger partial charge is 0.393 e. The van der Waals surface area contributed by atoms with Crippen molar-refractivity contribution in [3.8, 4) is 0 Å². The Morgan fingerprint density at radius 2 is 2.00 bits per heavy atom. The van der Waals surface area contributed by atoms with E-state index in [0.717, 1.165) is 51.9 Å². The summed E-state index contributed by atoms with van der Waals surface area (Å²) in [6.45, 7) is 5.83. The van der Waals surface area contributed by atoms with E-state index in [9.17, 15) is 9.90 Å². The number of carbonyl (C=O) groups is 1. The Morgan fingerprint density at radius 1 is 1.30 bits per heavy atom. The number of carbonyl (C=O) groups excluding carboxylic acids is 1. The number of rotatable bonds is 4. The monoisotopic (exact) mass is 339 g/mol. The highest BCUT2D eigenvalue weighted by Crippen LogP contribution is 2.22. The molecule has 8 heteroatoms. The van der Waals surface area contributed by atoms with E-state index in [-0.39, 0.29) is 18.1 Å². The molecule has 128 valence electrons. The highest BCUT2D eigenvalue weighted by atomic mass is 32.1. The number of anilines is 1. The van der Waals surface area contributed by atoms with Crippen molar-refractivity contribution >= 4 is 22.4 Å². The maximum Gasteiger partial charge on any atom is 0.243 e. The number of likely N-dealkylation sites (tertiary alicyclic amines) is 2. The van der Waals surface area contributed by atoms with Gasteiger partial charge in [-0.2, -0.15) is 0 Å². The fourth-order valence-electron chi connectivity index (χ4n) is 3.49. The van der Waals surface area contributed by atoms with Gasteiger partial charge in [0, 0.05) is 32.2 Å². The first-order chi connectivity index (χ1) is 11.1. The number of aromatic nitrogens is 2. The maximum atomic E-state index is 12.3. The smallest absolute Gasteiger partial charge is 0.243 e. The standard InChI is InChI=1S/C15H25N5O2S/c1-11(14(22)17-15-18-16-10-23-15)19-6-2-12(3-7-19)20-8-4-13(21)5-9-20/h10-13,21H,2-9H2,1H3,(H,17,18,22). The van der Waals surface area contributed by atoms with Crippen molar-refractivity contribution in [1.29, 1.82) is 0 Å². The third kappa shape index (κ3) is 4.26. The van der Waals surface area contributed by atoms with E-state index in [4.69, 9.17) is 0 Å². The zero-order valence-corrected chi connectivity index (χ0v) is 14.3. The Labute approximate surface area is 140 Å². The molecule has 0 radical (unpaired) electrons. The summed E-state index contributed by atoms with van der Waals surface area (Å²) in [5.74, 6) is -0.0127. The van der Waals surface area contributed by atoms with Crippen LogP contribution in [0.4, 0.5) is 5.13 Å². The molecule has 1 amide bonds. The molecule has 3 heterocycles. The van der Waals surface area contributed by atoms with Gasteiger partial charge in [-0.15, -0.1) is 10.2 Å². The summed E-state index contributed by atoms with van der Waals surface area (Å²) in [7, 11) is 0. The predicted octanol–water partition coefficient (Wildman–Crippen LogP) is 0.786. The van der Waals surface area contributed by atoms with E-state index >= 15 is 0 Å². The highest BCUT2D eigenvalue weighted by Gasteiger charge is 2.31. The third-order valence-corrected chi connectivity index (χ3v) is 5.64.